The molecule has 1 aromatic rings. The minimum Gasteiger partial charge on any atom is -0.383 e. The SMILES string of the molecule is CN=C(NCCOC)NCC(C)N1CCN(c2ccccc2)CC1.I. The van der Waals surface area contributed by atoms with Gasteiger partial charge in [0.25, 0.3) is 0 Å². The molecule has 0 bridgehead atoms. The third kappa shape index (κ3) is 7.37. The quantitative estimate of drug-likeness (QED) is 0.280. The number of benzene rings is 1. The van der Waals surface area contributed by atoms with E-state index in [4.69, 9.17) is 4.74 Å². The molecule has 1 aliphatic heterocycles. The number of ether oxygens (including phenoxy) is 1. The van der Waals surface area contributed by atoms with Gasteiger partial charge in [-0.3, -0.25) is 9.89 Å². The molecule has 2 N–H and O–H groups in total. The third-order valence-electron chi connectivity index (χ3n) is 4.45. The number of nitrogens with one attached hydrogen (secondary N) is 2. The molecule has 1 atom stereocenters. The largest absolute Gasteiger partial charge is 0.383 e. The van der Waals surface area contributed by atoms with Crippen molar-refractivity contribution in [3.63, 3.8) is 0 Å². The van der Waals surface area contributed by atoms with Crippen molar-refractivity contribution < 1.29 is 4.74 Å². The lowest BCUT2D eigenvalue weighted by Gasteiger charge is -2.39. The van der Waals surface area contributed by atoms with Crippen LogP contribution >= 0.6 is 24.0 Å². The molecule has 6 nitrogen and oxygen atoms in total. The maximum atomic E-state index is 5.05. The summed E-state index contributed by atoms with van der Waals surface area (Å²) in [5.41, 5.74) is 1.32. The van der Waals surface area contributed by atoms with Gasteiger partial charge in [0, 0.05) is 65.2 Å². The second-order valence-corrected chi connectivity index (χ2v) is 6.08. The zero-order valence-electron chi connectivity index (χ0n) is 15.6. The summed E-state index contributed by atoms with van der Waals surface area (Å²) in [5, 5.41) is 6.64. The van der Waals surface area contributed by atoms with Gasteiger partial charge >= 0.3 is 0 Å². The lowest BCUT2D eigenvalue weighted by molar-refractivity contribution is 0.196. The van der Waals surface area contributed by atoms with E-state index < -0.39 is 0 Å². The summed E-state index contributed by atoms with van der Waals surface area (Å²) in [7, 11) is 3.50. The molecule has 0 amide bonds. The van der Waals surface area contributed by atoms with Crippen LogP contribution in [0.25, 0.3) is 0 Å². The van der Waals surface area contributed by atoms with Gasteiger partial charge in [-0.15, -0.1) is 24.0 Å². The van der Waals surface area contributed by atoms with E-state index in [1.165, 1.54) is 5.69 Å². The Morgan fingerprint density at radius 2 is 1.84 bits per heavy atom. The normalized spacial score (nSPS) is 16.9. The van der Waals surface area contributed by atoms with Crippen LogP contribution in [-0.4, -0.2) is 76.9 Å². The van der Waals surface area contributed by atoms with Gasteiger partial charge in [-0.25, -0.2) is 0 Å². The highest BCUT2D eigenvalue weighted by atomic mass is 127. The Bertz CT molecular complexity index is 491. The number of hydrogen-bond donors (Lipinski definition) is 2. The molecule has 0 radical (unpaired) electrons. The van der Waals surface area contributed by atoms with Crippen molar-refractivity contribution in [1.29, 1.82) is 0 Å². The van der Waals surface area contributed by atoms with E-state index in [1.807, 2.05) is 0 Å². The van der Waals surface area contributed by atoms with Crippen LogP contribution in [0.5, 0.6) is 0 Å². The zero-order chi connectivity index (χ0) is 17.2. The molecule has 0 aliphatic carbocycles. The van der Waals surface area contributed by atoms with Gasteiger partial charge < -0.3 is 20.3 Å². The second kappa shape index (κ2) is 12.3. The Labute approximate surface area is 169 Å². The molecule has 25 heavy (non-hydrogen) atoms. The number of methoxy groups -OCH3 is 1. The number of para-hydroxylation sites is 1. The van der Waals surface area contributed by atoms with Crippen LogP contribution in [0.1, 0.15) is 6.92 Å². The van der Waals surface area contributed by atoms with Crippen LogP contribution in [0.4, 0.5) is 5.69 Å². The fraction of sp³-hybridized carbons (Fsp3) is 0.611. The summed E-state index contributed by atoms with van der Waals surface area (Å²) in [5.74, 6) is 0.835. The first-order chi connectivity index (χ1) is 11.7. The zero-order valence-corrected chi connectivity index (χ0v) is 17.9. The molecule has 0 saturated carbocycles. The topological polar surface area (TPSA) is 52.1 Å². The number of rotatable bonds is 7. The van der Waals surface area contributed by atoms with Crippen molar-refractivity contribution in [3.8, 4) is 0 Å². The van der Waals surface area contributed by atoms with Gasteiger partial charge in [0.1, 0.15) is 0 Å². The van der Waals surface area contributed by atoms with Gasteiger partial charge in [-0.05, 0) is 19.1 Å². The van der Waals surface area contributed by atoms with Crippen LogP contribution in [0.3, 0.4) is 0 Å². The van der Waals surface area contributed by atoms with Crippen LogP contribution in [-0.2, 0) is 4.74 Å². The first kappa shape index (κ1) is 22.0. The standard InChI is InChI=1S/C18H31N5O.HI/c1-16(15-21-18(19-2)20-9-14-24-3)22-10-12-23(13-11-22)17-7-5-4-6-8-17;/h4-8,16H,9-15H2,1-3H3,(H2,19,20,21);1H. The number of aliphatic imine (C=N–C) groups is 1. The number of anilines is 1. The van der Waals surface area contributed by atoms with E-state index in [2.05, 4.69) is 62.7 Å². The number of piperazine rings is 1. The average Bonchev–Trinajstić information content (AvgIpc) is 2.65. The molecule has 0 spiro atoms. The lowest BCUT2D eigenvalue weighted by Crippen LogP contribution is -2.53. The molecule has 1 unspecified atom stereocenters. The van der Waals surface area contributed by atoms with Crippen molar-refractivity contribution in [2.75, 3.05) is 64.9 Å². The first-order valence-corrected chi connectivity index (χ1v) is 8.72. The molecular weight excluding hydrogens is 429 g/mol. The smallest absolute Gasteiger partial charge is 0.191 e. The van der Waals surface area contributed by atoms with Crippen molar-refractivity contribution in [3.05, 3.63) is 30.3 Å². The summed E-state index contributed by atoms with van der Waals surface area (Å²) >= 11 is 0. The van der Waals surface area contributed by atoms with Gasteiger partial charge in [-0.1, -0.05) is 18.2 Å². The Morgan fingerprint density at radius 1 is 1.16 bits per heavy atom. The van der Waals surface area contributed by atoms with Crippen LogP contribution < -0.4 is 15.5 Å². The Kier molecular flexibility index (Phi) is 10.8. The molecule has 1 aromatic carbocycles. The molecular formula is C18H32IN5O. The van der Waals surface area contributed by atoms with Crippen molar-refractivity contribution >= 4 is 35.6 Å². The minimum absolute atomic E-state index is 0. The van der Waals surface area contributed by atoms with Crippen molar-refractivity contribution in [2.45, 2.75) is 13.0 Å². The number of nitrogens with zero attached hydrogens (tertiary/aromatic N) is 3. The highest BCUT2D eigenvalue weighted by molar-refractivity contribution is 14.0. The summed E-state index contributed by atoms with van der Waals surface area (Å²) < 4.78 is 5.05. The molecule has 0 aromatic heterocycles. The van der Waals surface area contributed by atoms with E-state index >= 15 is 0 Å². The van der Waals surface area contributed by atoms with Gasteiger partial charge in [0.2, 0.25) is 0 Å². The number of halogens is 1. The molecule has 1 heterocycles. The minimum atomic E-state index is 0. The highest BCUT2D eigenvalue weighted by Gasteiger charge is 2.21. The molecule has 1 aliphatic rings. The number of guanidine groups is 1. The molecule has 2 rings (SSSR count). The van der Waals surface area contributed by atoms with E-state index in [0.29, 0.717) is 12.6 Å². The summed E-state index contributed by atoms with van der Waals surface area (Å²) in [4.78, 5) is 9.24. The summed E-state index contributed by atoms with van der Waals surface area (Å²) in [6.07, 6.45) is 0. The maximum absolute atomic E-state index is 5.05. The second-order valence-electron chi connectivity index (χ2n) is 6.08. The lowest BCUT2D eigenvalue weighted by atomic mass is 10.2. The highest BCUT2D eigenvalue weighted by Crippen LogP contribution is 2.16. The maximum Gasteiger partial charge on any atom is 0.191 e. The molecule has 1 fully saturated rings. The predicted octanol–water partition coefficient (Wildman–Crippen LogP) is 1.63. The third-order valence-corrected chi connectivity index (χ3v) is 4.45. The van der Waals surface area contributed by atoms with Crippen LogP contribution in [0.2, 0.25) is 0 Å². The fourth-order valence-corrected chi connectivity index (χ4v) is 2.93. The Morgan fingerprint density at radius 3 is 2.44 bits per heavy atom. The summed E-state index contributed by atoms with van der Waals surface area (Å²) in [6, 6.07) is 11.1. The predicted molar refractivity (Wildman–Crippen MR) is 116 cm³/mol. The van der Waals surface area contributed by atoms with Gasteiger partial charge in [-0.2, -0.15) is 0 Å². The van der Waals surface area contributed by atoms with Crippen molar-refractivity contribution in [1.82, 2.24) is 15.5 Å². The van der Waals surface area contributed by atoms with E-state index in [9.17, 15) is 0 Å². The number of hydrogen-bond acceptors (Lipinski definition) is 4. The Balaban J connectivity index is 0.00000312. The molecule has 7 heteroatoms. The Hall–Kier alpha value is -1.06. The van der Waals surface area contributed by atoms with Gasteiger partial charge in [0.15, 0.2) is 5.96 Å². The average molecular weight is 461 g/mol. The first-order valence-electron chi connectivity index (χ1n) is 8.72. The van der Waals surface area contributed by atoms with Crippen LogP contribution in [0.15, 0.2) is 35.3 Å². The van der Waals surface area contributed by atoms with E-state index in [1.54, 1.807) is 14.2 Å². The molecule has 1 saturated heterocycles. The van der Waals surface area contributed by atoms with E-state index in [-0.39, 0.29) is 24.0 Å². The van der Waals surface area contributed by atoms with Crippen LogP contribution in [0, 0.1) is 0 Å². The van der Waals surface area contributed by atoms with Gasteiger partial charge in [0.05, 0.1) is 6.61 Å². The monoisotopic (exact) mass is 461 g/mol. The van der Waals surface area contributed by atoms with Crippen molar-refractivity contribution in [2.24, 2.45) is 4.99 Å². The molecule has 142 valence electrons. The van der Waals surface area contributed by atoms with E-state index in [0.717, 1.165) is 45.2 Å². The summed E-state index contributed by atoms with van der Waals surface area (Å²) in [6.45, 7) is 8.94. The fourth-order valence-electron chi connectivity index (χ4n) is 2.93.